The molecule has 0 unspecified atom stereocenters. The highest BCUT2D eigenvalue weighted by Gasteiger charge is 2.14. The minimum atomic E-state index is -1.04. The molecular formula is C10H9NO2S. The molecule has 0 fully saturated rings. The molecule has 0 aliphatic heterocycles. The zero-order chi connectivity index (χ0) is 10.6. The van der Waals surface area contributed by atoms with E-state index < -0.39 is 5.97 Å². The molecule has 0 aliphatic rings. The van der Waals surface area contributed by atoms with Gasteiger partial charge in [-0.1, -0.05) is 13.0 Å². The van der Waals surface area contributed by atoms with Crippen molar-refractivity contribution in [3.8, 4) is 6.07 Å². The van der Waals surface area contributed by atoms with Gasteiger partial charge >= 0.3 is 5.97 Å². The van der Waals surface area contributed by atoms with Crippen LogP contribution in [-0.2, 0) is 0 Å². The summed E-state index contributed by atoms with van der Waals surface area (Å²) in [4.78, 5) is 11.6. The van der Waals surface area contributed by atoms with E-state index in [4.69, 9.17) is 10.4 Å². The third-order valence-corrected chi connectivity index (χ3v) is 2.60. The number of nitriles is 1. The molecule has 1 aromatic carbocycles. The first-order valence-electron chi connectivity index (χ1n) is 4.10. The number of nitrogens with zero attached hydrogens (tertiary/aromatic N) is 1. The van der Waals surface area contributed by atoms with Crippen LogP contribution in [-0.4, -0.2) is 16.8 Å². The Morgan fingerprint density at radius 3 is 2.86 bits per heavy atom. The lowest BCUT2D eigenvalue weighted by Gasteiger charge is -2.04. The number of carbonyl (C=O) groups is 1. The number of rotatable bonds is 3. The molecule has 0 saturated heterocycles. The van der Waals surface area contributed by atoms with Crippen LogP contribution in [0.2, 0.25) is 0 Å². The van der Waals surface area contributed by atoms with E-state index in [1.807, 2.05) is 13.0 Å². The highest BCUT2D eigenvalue weighted by Crippen LogP contribution is 2.24. The molecule has 0 aromatic heterocycles. The normalized spacial score (nSPS) is 9.43. The van der Waals surface area contributed by atoms with Gasteiger partial charge in [-0.2, -0.15) is 5.26 Å². The van der Waals surface area contributed by atoms with Crippen molar-refractivity contribution < 1.29 is 9.90 Å². The molecule has 0 bridgehead atoms. The zero-order valence-electron chi connectivity index (χ0n) is 7.65. The maximum absolute atomic E-state index is 10.9. The molecule has 1 aromatic rings. The van der Waals surface area contributed by atoms with E-state index in [2.05, 4.69) is 0 Å². The fourth-order valence-corrected chi connectivity index (χ4v) is 1.95. The lowest BCUT2D eigenvalue weighted by Crippen LogP contribution is -2.02. The topological polar surface area (TPSA) is 61.1 Å². The van der Waals surface area contributed by atoms with Crippen LogP contribution in [0, 0.1) is 11.3 Å². The Kier molecular flexibility index (Phi) is 3.55. The summed E-state index contributed by atoms with van der Waals surface area (Å²) in [5, 5.41) is 17.7. The van der Waals surface area contributed by atoms with Gasteiger partial charge < -0.3 is 5.11 Å². The van der Waals surface area contributed by atoms with Crippen LogP contribution >= 0.6 is 11.8 Å². The number of thioether (sulfide) groups is 1. The monoisotopic (exact) mass is 207 g/mol. The highest BCUT2D eigenvalue weighted by molar-refractivity contribution is 7.99. The zero-order valence-corrected chi connectivity index (χ0v) is 8.47. The van der Waals surface area contributed by atoms with Gasteiger partial charge in [-0.25, -0.2) is 4.79 Å². The molecule has 0 heterocycles. The van der Waals surface area contributed by atoms with E-state index in [0.717, 1.165) is 5.75 Å². The van der Waals surface area contributed by atoms with Gasteiger partial charge in [-0.15, -0.1) is 11.8 Å². The molecule has 0 amide bonds. The number of carboxylic acid groups (broad SMARTS) is 1. The Hall–Kier alpha value is -1.47. The van der Waals surface area contributed by atoms with Gasteiger partial charge in [0.05, 0.1) is 11.1 Å². The Labute approximate surface area is 86.4 Å². The predicted molar refractivity (Wildman–Crippen MR) is 54.5 cm³/mol. The number of hydrogen-bond acceptors (Lipinski definition) is 3. The third kappa shape index (κ3) is 2.06. The second kappa shape index (κ2) is 4.68. The average molecular weight is 207 g/mol. The minimum Gasteiger partial charge on any atom is -0.478 e. The Bertz CT molecular complexity index is 396. The Morgan fingerprint density at radius 2 is 2.36 bits per heavy atom. The summed E-state index contributed by atoms with van der Waals surface area (Å²) in [5.41, 5.74) is 0.331. The van der Waals surface area contributed by atoms with Gasteiger partial charge in [-0.3, -0.25) is 0 Å². The van der Waals surface area contributed by atoms with Crippen LogP contribution in [0.4, 0.5) is 0 Å². The Balaban J connectivity index is 3.30. The maximum atomic E-state index is 10.9. The summed E-state index contributed by atoms with van der Waals surface area (Å²) in [6.07, 6.45) is 0. The van der Waals surface area contributed by atoms with Crippen molar-refractivity contribution in [1.29, 1.82) is 5.26 Å². The number of benzene rings is 1. The molecular weight excluding hydrogens is 198 g/mol. The van der Waals surface area contributed by atoms with Crippen LogP contribution in [0.1, 0.15) is 22.8 Å². The van der Waals surface area contributed by atoms with Gasteiger partial charge in [0, 0.05) is 4.90 Å². The smallest absolute Gasteiger partial charge is 0.338 e. The van der Waals surface area contributed by atoms with Crippen molar-refractivity contribution in [2.75, 3.05) is 5.75 Å². The molecule has 72 valence electrons. The van der Waals surface area contributed by atoms with Crippen molar-refractivity contribution in [2.24, 2.45) is 0 Å². The fourth-order valence-electron chi connectivity index (χ4n) is 1.12. The molecule has 0 radical (unpaired) electrons. The quantitative estimate of drug-likeness (QED) is 0.773. The summed E-state index contributed by atoms with van der Waals surface area (Å²) >= 11 is 1.43. The standard InChI is InChI=1S/C10H9NO2S/c1-2-14-8-5-3-4-7(6-11)9(8)10(12)13/h3-5H,2H2,1H3,(H,12,13). The lowest BCUT2D eigenvalue weighted by molar-refractivity contribution is 0.0693. The molecule has 0 atom stereocenters. The van der Waals surface area contributed by atoms with E-state index in [-0.39, 0.29) is 11.1 Å². The molecule has 14 heavy (non-hydrogen) atoms. The van der Waals surface area contributed by atoms with Crippen molar-refractivity contribution in [2.45, 2.75) is 11.8 Å². The van der Waals surface area contributed by atoms with Crippen LogP contribution < -0.4 is 0 Å². The lowest BCUT2D eigenvalue weighted by atomic mass is 10.1. The van der Waals surface area contributed by atoms with Gasteiger partial charge in [0.1, 0.15) is 6.07 Å². The first kappa shape index (κ1) is 10.6. The maximum Gasteiger partial charge on any atom is 0.338 e. The van der Waals surface area contributed by atoms with Gasteiger partial charge in [0.15, 0.2) is 0 Å². The van der Waals surface area contributed by atoms with Crippen LogP contribution in [0.25, 0.3) is 0 Å². The van der Waals surface area contributed by atoms with Crippen molar-refractivity contribution in [1.82, 2.24) is 0 Å². The van der Waals surface area contributed by atoms with Gasteiger partial charge in [0.25, 0.3) is 0 Å². The summed E-state index contributed by atoms with van der Waals surface area (Å²) in [6, 6.07) is 6.82. The fraction of sp³-hybridized carbons (Fsp3) is 0.200. The summed E-state index contributed by atoms with van der Waals surface area (Å²) < 4.78 is 0. The largest absolute Gasteiger partial charge is 0.478 e. The number of aromatic carboxylic acids is 1. The summed E-state index contributed by atoms with van der Waals surface area (Å²) in [5.74, 6) is -0.257. The van der Waals surface area contributed by atoms with Crippen LogP contribution in [0.3, 0.4) is 0 Å². The molecule has 1 rings (SSSR count). The van der Waals surface area contributed by atoms with E-state index in [1.54, 1.807) is 12.1 Å². The molecule has 0 spiro atoms. The third-order valence-electron chi connectivity index (χ3n) is 1.66. The van der Waals surface area contributed by atoms with Crippen molar-refractivity contribution in [3.63, 3.8) is 0 Å². The molecule has 1 N–H and O–H groups in total. The first-order chi connectivity index (χ1) is 6.70. The summed E-state index contributed by atoms with van der Waals surface area (Å²) in [6.45, 7) is 1.94. The van der Waals surface area contributed by atoms with Crippen molar-refractivity contribution >= 4 is 17.7 Å². The number of carboxylic acids is 1. The summed E-state index contributed by atoms with van der Waals surface area (Å²) in [7, 11) is 0. The molecule has 4 heteroatoms. The van der Waals surface area contributed by atoms with E-state index in [1.165, 1.54) is 17.8 Å². The van der Waals surface area contributed by atoms with E-state index in [9.17, 15) is 4.79 Å². The molecule has 0 saturated carbocycles. The highest BCUT2D eigenvalue weighted by atomic mass is 32.2. The predicted octanol–water partition coefficient (Wildman–Crippen LogP) is 2.37. The average Bonchev–Trinajstić information content (AvgIpc) is 2.17. The van der Waals surface area contributed by atoms with Crippen LogP contribution in [0.15, 0.2) is 23.1 Å². The van der Waals surface area contributed by atoms with Gasteiger partial charge in [-0.05, 0) is 17.9 Å². The molecule has 3 nitrogen and oxygen atoms in total. The molecule has 0 aliphatic carbocycles. The van der Waals surface area contributed by atoms with Crippen molar-refractivity contribution in [3.05, 3.63) is 29.3 Å². The second-order valence-electron chi connectivity index (χ2n) is 2.53. The Morgan fingerprint density at radius 1 is 1.64 bits per heavy atom. The van der Waals surface area contributed by atoms with E-state index >= 15 is 0 Å². The first-order valence-corrected chi connectivity index (χ1v) is 5.08. The van der Waals surface area contributed by atoms with Gasteiger partial charge in [0.2, 0.25) is 0 Å². The SMILES string of the molecule is CCSc1cccc(C#N)c1C(=O)O. The van der Waals surface area contributed by atoms with Crippen LogP contribution in [0.5, 0.6) is 0 Å². The minimum absolute atomic E-state index is 0.113. The van der Waals surface area contributed by atoms with E-state index in [0.29, 0.717) is 4.90 Å². The second-order valence-corrected chi connectivity index (χ2v) is 3.83. The number of hydrogen-bond donors (Lipinski definition) is 1.